The number of amides is 2. The van der Waals surface area contributed by atoms with Gasteiger partial charge in [-0.05, 0) is 0 Å². The van der Waals surface area contributed by atoms with E-state index < -0.39 is 20.3 Å². The number of carbonyl (C=O) groups excluding carboxylic acids is 1. The lowest BCUT2D eigenvalue weighted by atomic mass is 10.4. The van der Waals surface area contributed by atoms with Crippen LogP contribution >= 0.6 is 14.3 Å². The summed E-state index contributed by atoms with van der Waals surface area (Å²) in [6.07, 6.45) is -0.0956. The zero-order valence-corrected chi connectivity index (χ0v) is 20.4. The Bertz CT molecular complexity index is 1130. The quantitative estimate of drug-likeness (QED) is 0.365. The van der Waals surface area contributed by atoms with Crippen LogP contribution in [0.15, 0.2) is 121 Å². The van der Waals surface area contributed by atoms with Crippen molar-refractivity contribution in [3.8, 4) is 0 Å². The van der Waals surface area contributed by atoms with E-state index in [0.29, 0.717) is 21.2 Å². The zero-order valence-electron chi connectivity index (χ0n) is 18.6. The third-order valence-electron chi connectivity index (χ3n) is 5.62. The first kappa shape index (κ1) is 23.8. The first-order valence-corrected chi connectivity index (χ1v) is 14.7. The van der Waals surface area contributed by atoms with Gasteiger partial charge in [0.1, 0.15) is 0 Å². The van der Waals surface area contributed by atoms with Crippen LogP contribution in [-0.2, 0) is 9.13 Å². The summed E-state index contributed by atoms with van der Waals surface area (Å²) < 4.78 is 28.1. The van der Waals surface area contributed by atoms with E-state index in [1.165, 1.54) is 0 Å². The summed E-state index contributed by atoms with van der Waals surface area (Å²) in [6, 6.07) is 36.1. The Morgan fingerprint density at radius 3 is 0.941 bits per heavy atom. The Morgan fingerprint density at radius 1 is 0.471 bits per heavy atom. The summed E-state index contributed by atoms with van der Waals surface area (Å²) in [6.45, 7) is 0. The summed E-state index contributed by atoms with van der Waals surface area (Å²) >= 11 is 0. The molecule has 0 spiro atoms. The standard InChI is InChI=1S/C27H26N2O3P2/c30-27(28-21-33(31,23-13-5-1-6-14-23)24-15-7-2-8-16-24)29-22-34(32,25-17-9-3-10-18-25)26-19-11-4-12-20-26/h1-20H,21-22H2,(H2,28,29,30). The topological polar surface area (TPSA) is 75.3 Å². The summed E-state index contributed by atoms with van der Waals surface area (Å²) in [5, 5.41) is 8.19. The third-order valence-corrected chi connectivity index (χ3v) is 11.4. The van der Waals surface area contributed by atoms with Gasteiger partial charge in [-0.15, -0.1) is 0 Å². The second-order valence-corrected chi connectivity index (χ2v) is 13.5. The van der Waals surface area contributed by atoms with E-state index >= 15 is 0 Å². The van der Waals surface area contributed by atoms with Crippen LogP contribution < -0.4 is 31.9 Å². The average Bonchev–Trinajstić information content (AvgIpc) is 2.92. The highest BCUT2D eigenvalue weighted by Crippen LogP contribution is 2.43. The highest BCUT2D eigenvalue weighted by molar-refractivity contribution is 7.79. The molecule has 34 heavy (non-hydrogen) atoms. The second kappa shape index (κ2) is 10.7. The van der Waals surface area contributed by atoms with Crippen molar-refractivity contribution in [2.24, 2.45) is 0 Å². The summed E-state index contributed by atoms with van der Waals surface area (Å²) in [5.74, 6) is 0. The van der Waals surface area contributed by atoms with Crippen molar-refractivity contribution in [1.29, 1.82) is 0 Å². The highest BCUT2D eigenvalue weighted by atomic mass is 31.2. The van der Waals surface area contributed by atoms with Gasteiger partial charge in [-0.25, -0.2) is 4.79 Å². The van der Waals surface area contributed by atoms with Crippen molar-refractivity contribution >= 4 is 41.5 Å². The maximum absolute atomic E-state index is 14.1. The van der Waals surface area contributed by atoms with Crippen LogP contribution in [0.5, 0.6) is 0 Å². The van der Waals surface area contributed by atoms with Gasteiger partial charge in [0.05, 0.1) is 12.6 Å². The van der Waals surface area contributed by atoms with Crippen LogP contribution in [0.4, 0.5) is 4.79 Å². The molecule has 0 aliphatic rings. The number of urea groups is 1. The molecular formula is C27H26N2O3P2. The monoisotopic (exact) mass is 488 g/mol. The Morgan fingerprint density at radius 2 is 0.706 bits per heavy atom. The van der Waals surface area contributed by atoms with E-state index in [1.54, 1.807) is 0 Å². The van der Waals surface area contributed by atoms with E-state index in [0.717, 1.165) is 0 Å². The molecule has 0 fully saturated rings. The number of hydrogen-bond donors (Lipinski definition) is 2. The lowest BCUT2D eigenvalue weighted by Crippen LogP contribution is -2.40. The summed E-state index contributed by atoms with van der Waals surface area (Å²) in [4.78, 5) is 12.8. The molecular weight excluding hydrogens is 462 g/mol. The molecule has 0 aromatic heterocycles. The lowest BCUT2D eigenvalue weighted by molar-refractivity contribution is 0.243. The highest BCUT2D eigenvalue weighted by Gasteiger charge is 2.30. The molecule has 0 unspecified atom stereocenters. The Balaban J connectivity index is 1.52. The molecule has 4 aromatic rings. The lowest BCUT2D eigenvalue weighted by Gasteiger charge is -2.22. The molecule has 0 bridgehead atoms. The number of hydrogen-bond acceptors (Lipinski definition) is 3. The van der Waals surface area contributed by atoms with E-state index in [1.807, 2.05) is 121 Å². The summed E-state index contributed by atoms with van der Waals surface area (Å²) in [7, 11) is -6.20. The molecule has 172 valence electrons. The van der Waals surface area contributed by atoms with Crippen molar-refractivity contribution in [2.75, 3.05) is 12.6 Å². The molecule has 0 aliphatic heterocycles. The molecule has 0 aliphatic carbocycles. The normalized spacial score (nSPS) is 11.5. The molecule has 2 N–H and O–H groups in total. The Kier molecular flexibility index (Phi) is 7.47. The van der Waals surface area contributed by atoms with Crippen LogP contribution in [-0.4, -0.2) is 18.6 Å². The van der Waals surface area contributed by atoms with Crippen molar-refractivity contribution < 1.29 is 13.9 Å². The minimum Gasteiger partial charge on any atom is -0.331 e. The van der Waals surface area contributed by atoms with Crippen LogP contribution in [0.3, 0.4) is 0 Å². The zero-order chi connectivity index (χ0) is 23.9. The van der Waals surface area contributed by atoms with E-state index in [4.69, 9.17) is 0 Å². The minimum absolute atomic E-state index is 0.0478. The van der Waals surface area contributed by atoms with Crippen molar-refractivity contribution in [3.05, 3.63) is 121 Å². The Hall–Kier alpha value is -3.39. The molecule has 4 rings (SSSR count). The van der Waals surface area contributed by atoms with Gasteiger partial charge in [-0.3, -0.25) is 0 Å². The molecule has 4 aromatic carbocycles. The molecule has 2 amide bonds. The molecule has 0 atom stereocenters. The molecule has 7 heteroatoms. The van der Waals surface area contributed by atoms with Crippen molar-refractivity contribution in [2.45, 2.75) is 0 Å². The fourth-order valence-corrected chi connectivity index (χ4v) is 8.44. The fraction of sp³-hybridized carbons (Fsp3) is 0.0741. The van der Waals surface area contributed by atoms with Crippen molar-refractivity contribution in [1.82, 2.24) is 10.6 Å². The SMILES string of the molecule is O=C(NCP(=O)(c1ccccc1)c1ccccc1)NCP(=O)(c1ccccc1)c1ccccc1. The third kappa shape index (κ3) is 5.22. The van der Waals surface area contributed by atoms with Gasteiger partial charge in [0.25, 0.3) is 0 Å². The predicted molar refractivity (Wildman–Crippen MR) is 141 cm³/mol. The molecule has 0 saturated heterocycles. The molecule has 5 nitrogen and oxygen atoms in total. The van der Waals surface area contributed by atoms with E-state index in [9.17, 15) is 13.9 Å². The van der Waals surface area contributed by atoms with Gasteiger partial charge >= 0.3 is 6.03 Å². The molecule has 0 radical (unpaired) electrons. The van der Waals surface area contributed by atoms with Crippen molar-refractivity contribution in [3.63, 3.8) is 0 Å². The van der Waals surface area contributed by atoms with E-state index in [2.05, 4.69) is 10.6 Å². The van der Waals surface area contributed by atoms with E-state index in [-0.39, 0.29) is 12.6 Å². The smallest absolute Gasteiger partial charge is 0.315 e. The van der Waals surface area contributed by atoms with Gasteiger partial charge in [0.15, 0.2) is 14.3 Å². The largest absolute Gasteiger partial charge is 0.331 e. The predicted octanol–water partition coefficient (Wildman–Crippen LogP) is 4.23. The van der Waals surface area contributed by atoms with Crippen LogP contribution in [0.2, 0.25) is 0 Å². The fourth-order valence-electron chi connectivity index (χ4n) is 3.77. The van der Waals surface area contributed by atoms with Crippen LogP contribution in [0.25, 0.3) is 0 Å². The maximum Gasteiger partial charge on any atom is 0.315 e. The van der Waals surface area contributed by atoms with Gasteiger partial charge in [0.2, 0.25) is 0 Å². The van der Waals surface area contributed by atoms with Gasteiger partial charge in [-0.1, -0.05) is 121 Å². The number of carbonyl (C=O) groups is 1. The molecule has 0 saturated carbocycles. The molecule has 0 heterocycles. The van der Waals surface area contributed by atoms with Gasteiger partial charge < -0.3 is 19.8 Å². The average molecular weight is 488 g/mol. The second-order valence-electron chi connectivity index (χ2n) is 7.82. The Labute approximate surface area is 200 Å². The number of nitrogens with one attached hydrogen (secondary N) is 2. The van der Waals surface area contributed by atoms with Gasteiger partial charge in [0, 0.05) is 21.2 Å². The number of benzene rings is 4. The minimum atomic E-state index is -3.10. The van der Waals surface area contributed by atoms with Gasteiger partial charge in [-0.2, -0.15) is 0 Å². The maximum atomic E-state index is 14.1. The first-order valence-electron chi connectivity index (χ1n) is 10.9. The van der Waals surface area contributed by atoms with Crippen LogP contribution in [0, 0.1) is 0 Å². The number of rotatable bonds is 8. The van der Waals surface area contributed by atoms with Crippen LogP contribution in [0.1, 0.15) is 0 Å². The first-order chi connectivity index (χ1) is 16.5. The summed E-state index contributed by atoms with van der Waals surface area (Å²) in [5.41, 5.74) is 0.